The molecule has 222 valence electrons. The van der Waals surface area contributed by atoms with Gasteiger partial charge in [0, 0.05) is 29.3 Å². The topological polar surface area (TPSA) is 263 Å². The van der Waals surface area contributed by atoms with Crippen LogP contribution in [0.25, 0.3) is 0 Å². The maximum atomic E-state index is 13.3. The largest absolute Gasteiger partial charge is 0.504 e. The van der Waals surface area contributed by atoms with Crippen LogP contribution in [-0.2, 0) is 28.8 Å². The standard InChI is InChI=1S/C23H22N6O11S2/c1-25-23(38)39-5-9-6-41-19-14(18(33)29(19)15(9)20(34)35)27-17(32)13(10-7-42-22(24)26-10)28-40-16(21(36)37)8-2-3-11(30)12(31)4-8/h2-4,7,14,16,19,30-31H,5-6H2,1H3,(H2,24,26)(H,25,38)(H,27,32)(H,34,35)(H,36,37)/b28-13-/t14-,16+,19-/m1/s1. The summed E-state index contributed by atoms with van der Waals surface area (Å²) in [7, 11) is 1.33. The number of carboxylic acids is 2. The number of rotatable bonds is 10. The fraction of sp³-hybridized carbons (Fsp3) is 0.261. The molecule has 0 unspecified atom stereocenters. The van der Waals surface area contributed by atoms with Gasteiger partial charge in [-0.05, 0) is 12.1 Å². The molecule has 0 radical (unpaired) electrons. The molecule has 1 aromatic heterocycles. The molecule has 1 aromatic carbocycles. The molecule has 3 heterocycles. The number of carbonyl (C=O) groups is 5. The van der Waals surface area contributed by atoms with Crippen molar-refractivity contribution in [1.29, 1.82) is 0 Å². The number of nitrogen functional groups attached to an aromatic ring is 1. The first-order valence-electron chi connectivity index (χ1n) is 11.7. The number of amides is 3. The smallest absolute Gasteiger partial charge is 0.407 e. The average molecular weight is 623 g/mol. The number of aliphatic carboxylic acids is 2. The third-order valence-electron chi connectivity index (χ3n) is 5.87. The molecule has 42 heavy (non-hydrogen) atoms. The van der Waals surface area contributed by atoms with Crippen molar-refractivity contribution in [3.05, 3.63) is 46.1 Å². The van der Waals surface area contributed by atoms with Crippen molar-refractivity contribution in [2.45, 2.75) is 17.5 Å². The van der Waals surface area contributed by atoms with E-state index in [0.29, 0.717) is 0 Å². The summed E-state index contributed by atoms with van der Waals surface area (Å²) in [5, 5.41) is 47.5. The normalized spacial score (nSPS) is 18.8. The van der Waals surface area contributed by atoms with E-state index in [2.05, 4.69) is 20.8 Å². The van der Waals surface area contributed by atoms with Crippen molar-refractivity contribution in [3.63, 3.8) is 0 Å². The summed E-state index contributed by atoms with van der Waals surface area (Å²) in [6.45, 7) is -0.370. The third-order valence-corrected chi connectivity index (χ3v) is 7.89. The number of hydrogen-bond donors (Lipinski definition) is 7. The van der Waals surface area contributed by atoms with E-state index in [1.54, 1.807) is 0 Å². The number of alkyl carbamates (subject to hydrolysis) is 1. The molecule has 0 bridgehead atoms. The molecular formula is C23H22N6O11S2. The van der Waals surface area contributed by atoms with E-state index in [4.69, 9.17) is 15.3 Å². The fourth-order valence-electron chi connectivity index (χ4n) is 3.89. The Morgan fingerprint density at radius 2 is 1.98 bits per heavy atom. The Morgan fingerprint density at radius 3 is 2.57 bits per heavy atom. The van der Waals surface area contributed by atoms with Crippen LogP contribution in [0.5, 0.6) is 11.5 Å². The average Bonchev–Trinajstić information content (AvgIpc) is 3.38. The zero-order valence-corrected chi connectivity index (χ0v) is 23.0. The van der Waals surface area contributed by atoms with E-state index >= 15 is 0 Å². The van der Waals surface area contributed by atoms with Crippen LogP contribution < -0.4 is 16.4 Å². The van der Waals surface area contributed by atoms with Gasteiger partial charge in [0.05, 0.1) is 0 Å². The van der Waals surface area contributed by atoms with Crippen molar-refractivity contribution < 1.29 is 54.0 Å². The number of nitrogens with two attached hydrogens (primary N) is 1. The molecule has 3 atom stereocenters. The van der Waals surface area contributed by atoms with Crippen LogP contribution in [0.1, 0.15) is 17.4 Å². The molecule has 0 aliphatic carbocycles. The number of phenolic OH excluding ortho intramolecular Hbond substituents is 2. The molecule has 0 spiro atoms. The molecule has 2 aromatic rings. The summed E-state index contributed by atoms with van der Waals surface area (Å²) in [4.78, 5) is 71.6. The maximum Gasteiger partial charge on any atom is 0.407 e. The first-order valence-corrected chi connectivity index (χ1v) is 13.6. The summed E-state index contributed by atoms with van der Waals surface area (Å²) in [5.41, 5.74) is 4.72. The van der Waals surface area contributed by atoms with Gasteiger partial charge in [-0.3, -0.25) is 14.5 Å². The first kappa shape index (κ1) is 29.9. The Balaban J connectivity index is 1.56. The molecule has 8 N–H and O–H groups in total. The Hall–Kier alpha value is -5.04. The van der Waals surface area contributed by atoms with Crippen molar-refractivity contribution in [2.24, 2.45) is 5.16 Å². The molecule has 0 saturated carbocycles. The summed E-state index contributed by atoms with van der Waals surface area (Å²) < 4.78 is 4.93. The van der Waals surface area contributed by atoms with E-state index in [0.717, 1.165) is 46.2 Å². The van der Waals surface area contributed by atoms with Gasteiger partial charge in [0.25, 0.3) is 11.8 Å². The highest BCUT2D eigenvalue weighted by molar-refractivity contribution is 8.00. The highest BCUT2D eigenvalue weighted by Gasteiger charge is 2.54. The number of oxime groups is 1. The molecule has 17 nitrogen and oxygen atoms in total. The number of β-lactam (4-membered cyclic amide) rings is 1. The number of phenols is 2. The lowest BCUT2D eigenvalue weighted by molar-refractivity contribution is -0.151. The third kappa shape index (κ3) is 6.00. The highest BCUT2D eigenvalue weighted by Crippen LogP contribution is 2.40. The van der Waals surface area contributed by atoms with Gasteiger partial charge in [-0.15, -0.1) is 23.1 Å². The molecule has 19 heteroatoms. The van der Waals surface area contributed by atoms with E-state index < -0.39 is 64.6 Å². The molecule has 4 rings (SSSR count). The van der Waals surface area contributed by atoms with Gasteiger partial charge in [0.1, 0.15) is 29.4 Å². The number of nitrogens with zero attached hydrogens (tertiary/aromatic N) is 3. The number of hydrogen-bond acceptors (Lipinski definition) is 14. The second-order valence-corrected chi connectivity index (χ2v) is 10.5. The van der Waals surface area contributed by atoms with Crippen LogP contribution in [0.3, 0.4) is 0 Å². The second-order valence-electron chi connectivity index (χ2n) is 8.53. The fourth-order valence-corrected chi connectivity index (χ4v) is 5.76. The molecule has 2 aliphatic heterocycles. The number of thiazole rings is 1. The van der Waals surface area contributed by atoms with Gasteiger partial charge in [-0.2, -0.15) is 0 Å². The lowest BCUT2D eigenvalue weighted by Crippen LogP contribution is -2.71. The summed E-state index contributed by atoms with van der Waals surface area (Å²) in [6, 6.07) is 1.93. The van der Waals surface area contributed by atoms with E-state index in [1.165, 1.54) is 12.4 Å². The number of anilines is 1. The van der Waals surface area contributed by atoms with Crippen molar-refractivity contribution >= 4 is 63.8 Å². The van der Waals surface area contributed by atoms with Gasteiger partial charge in [-0.1, -0.05) is 11.2 Å². The number of carboxylic acid groups (broad SMARTS) is 2. The summed E-state index contributed by atoms with van der Waals surface area (Å²) >= 11 is 2.06. The van der Waals surface area contributed by atoms with Gasteiger partial charge >= 0.3 is 18.0 Å². The number of carbonyl (C=O) groups excluding carboxylic acids is 3. The van der Waals surface area contributed by atoms with Crippen LogP contribution in [0.4, 0.5) is 9.93 Å². The maximum absolute atomic E-state index is 13.3. The van der Waals surface area contributed by atoms with E-state index in [9.17, 15) is 44.4 Å². The van der Waals surface area contributed by atoms with Gasteiger partial charge in [-0.25, -0.2) is 19.4 Å². The minimum Gasteiger partial charge on any atom is -0.504 e. The van der Waals surface area contributed by atoms with Gasteiger partial charge < -0.3 is 46.4 Å². The molecular weight excluding hydrogens is 600 g/mol. The van der Waals surface area contributed by atoms with Crippen molar-refractivity contribution in [2.75, 3.05) is 25.1 Å². The Morgan fingerprint density at radius 1 is 1.24 bits per heavy atom. The number of aromatic hydroxyl groups is 2. The Kier molecular flexibility index (Phi) is 8.71. The van der Waals surface area contributed by atoms with Crippen LogP contribution >= 0.6 is 23.1 Å². The predicted molar refractivity (Wildman–Crippen MR) is 144 cm³/mol. The lowest BCUT2D eigenvalue weighted by Gasteiger charge is -2.49. The minimum atomic E-state index is -1.83. The predicted octanol–water partition coefficient (Wildman–Crippen LogP) is -0.222. The quantitative estimate of drug-likeness (QED) is 0.0782. The zero-order chi connectivity index (χ0) is 30.7. The number of benzene rings is 1. The lowest BCUT2D eigenvalue weighted by atomic mass is 10.0. The van der Waals surface area contributed by atoms with Crippen LogP contribution in [0, 0.1) is 0 Å². The number of nitrogens with one attached hydrogen (secondary N) is 2. The van der Waals surface area contributed by atoms with Crippen LogP contribution in [0.15, 0.2) is 40.0 Å². The van der Waals surface area contributed by atoms with Crippen molar-refractivity contribution in [3.8, 4) is 11.5 Å². The SMILES string of the molecule is CNC(=O)OCC1=C(C(=O)O)N2C(=O)[C@@H](NC(=O)/C(=N\O[C@H](C(=O)O)c3ccc(O)c(O)c3)c3csc(N)n3)[C@H]2SC1. The Bertz CT molecular complexity index is 1520. The van der Waals surface area contributed by atoms with Crippen LogP contribution in [0.2, 0.25) is 0 Å². The molecule has 1 fully saturated rings. The second kappa shape index (κ2) is 12.2. The number of thioether (sulfide) groups is 1. The van der Waals surface area contributed by atoms with Gasteiger partial charge in [0.15, 0.2) is 22.3 Å². The van der Waals surface area contributed by atoms with Gasteiger partial charge in [0.2, 0.25) is 6.10 Å². The van der Waals surface area contributed by atoms with E-state index in [1.807, 2.05) is 0 Å². The first-order chi connectivity index (χ1) is 19.9. The van der Waals surface area contributed by atoms with Crippen molar-refractivity contribution in [1.82, 2.24) is 20.5 Å². The Labute approximate surface area is 243 Å². The molecule has 2 aliphatic rings. The summed E-state index contributed by atoms with van der Waals surface area (Å²) in [6.07, 6.45) is -2.62. The van der Waals surface area contributed by atoms with E-state index in [-0.39, 0.29) is 40.0 Å². The molecule has 1 saturated heterocycles. The minimum absolute atomic E-state index is 0.0419. The summed E-state index contributed by atoms with van der Waals surface area (Å²) in [5.74, 6) is -5.80. The zero-order valence-electron chi connectivity index (χ0n) is 21.3. The monoisotopic (exact) mass is 622 g/mol. The van der Waals surface area contributed by atoms with Crippen LogP contribution in [-0.4, -0.2) is 96.7 Å². The molecule has 3 amide bonds. The highest BCUT2D eigenvalue weighted by atomic mass is 32.2. The number of fused-ring (bicyclic) bond motifs is 1. The number of ether oxygens (including phenoxy) is 1. The number of aromatic nitrogens is 1.